The van der Waals surface area contributed by atoms with Gasteiger partial charge >= 0.3 is 6.61 Å². The zero-order valence-electron chi connectivity index (χ0n) is 18.8. The third-order valence-corrected chi connectivity index (χ3v) is 5.41. The quantitative estimate of drug-likeness (QED) is 0.401. The van der Waals surface area contributed by atoms with E-state index in [-0.39, 0.29) is 40.5 Å². The van der Waals surface area contributed by atoms with E-state index in [0.717, 1.165) is 43.8 Å². The number of carbonyl (C=O) groups is 1. The van der Waals surface area contributed by atoms with Crippen LogP contribution in [0, 0.1) is 0 Å². The van der Waals surface area contributed by atoms with E-state index in [1.165, 1.54) is 17.7 Å². The fourth-order valence-electron chi connectivity index (χ4n) is 3.61. The largest absolute Gasteiger partial charge is 0.435 e. The molecule has 1 aliphatic heterocycles. The Hall–Kier alpha value is -2.28. The normalized spacial score (nSPS) is 14.2. The van der Waals surface area contributed by atoms with Gasteiger partial charge in [0.2, 0.25) is 0 Å². The average molecular weight is 509 g/mol. The monoisotopic (exact) mass is 508 g/mol. The average Bonchev–Trinajstić information content (AvgIpc) is 3.01. The minimum atomic E-state index is -2.87. The molecule has 0 fully saturated rings. The van der Waals surface area contributed by atoms with E-state index in [9.17, 15) is 13.6 Å². The van der Waals surface area contributed by atoms with Gasteiger partial charge in [-0.3, -0.25) is 9.79 Å². The van der Waals surface area contributed by atoms with Crippen molar-refractivity contribution in [2.24, 2.45) is 4.99 Å². The molecule has 0 aliphatic carbocycles. The first-order valence-electron chi connectivity index (χ1n) is 10.7. The predicted molar refractivity (Wildman–Crippen MR) is 131 cm³/mol. The first-order chi connectivity index (χ1) is 14.7. The maximum Gasteiger partial charge on any atom is 0.387 e. The number of aliphatic imine (C=N–C) groups is 1. The van der Waals surface area contributed by atoms with Crippen molar-refractivity contribution in [1.82, 2.24) is 0 Å². The predicted octanol–water partition coefficient (Wildman–Crippen LogP) is 6.83. The SMILES string of the molecule is Br.CC(C)(C)c1ccc(C(=O)CN(C2=NCCCCC2)c2ccc(OC(F)F)cc2)cc1. The van der Waals surface area contributed by atoms with Gasteiger partial charge in [0.15, 0.2) is 5.78 Å². The molecule has 2 aromatic rings. The van der Waals surface area contributed by atoms with E-state index in [4.69, 9.17) is 4.99 Å². The Bertz CT molecular complexity index is 907. The fourth-order valence-corrected chi connectivity index (χ4v) is 3.61. The molecule has 3 rings (SSSR count). The molecule has 7 heteroatoms. The topological polar surface area (TPSA) is 41.9 Å². The highest BCUT2D eigenvalue weighted by Gasteiger charge is 2.21. The number of benzene rings is 2. The van der Waals surface area contributed by atoms with Crippen molar-refractivity contribution >= 4 is 34.3 Å². The van der Waals surface area contributed by atoms with Gasteiger partial charge in [-0.05, 0) is 48.1 Å². The van der Waals surface area contributed by atoms with Crippen molar-refractivity contribution in [3.63, 3.8) is 0 Å². The van der Waals surface area contributed by atoms with Crippen molar-refractivity contribution in [2.75, 3.05) is 18.0 Å². The van der Waals surface area contributed by atoms with E-state index in [1.54, 1.807) is 12.1 Å². The summed E-state index contributed by atoms with van der Waals surface area (Å²) in [5, 5.41) is 0. The van der Waals surface area contributed by atoms with Crippen LogP contribution in [-0.2, 0) is 5.41 Å². The summed E-state index contributed by atoms with van der Waals surface area (Å²) in [6, 6.07) is 14.1. The number of rotatable bonds is 6. The molecule has 0 N–H and O–H groups in total. The van der Waals surface area contributed by atoms with Crippen LogP contribution in [0.25, 0.3) is 0 Å². The van der Waals surface area contributed by atoms with Crippen molar-refractivity contribution in [3.05, 3.63) is 59.7 Å². The van der Waals surface area contributed by atoms with Crippen molar-refractivity contribution in [2.45, 2.75) is 58.5 Å². The van der Waals surface area contributed by atoms with E-state index in [0.29, 0.717) is 5.56 Å². The summed E-state index contributed by atoms with van der Waals surface area (Å²) >= 11 is 0. The van der Waals surface area contributed by atoms with Gasteiger partial charge in [0.25, 0.3) is 0 Å². The van der Waals surface area contributed by atoms with Crippen LogP contribution in [0.1, 0.15) is 62.4 Å². The van der Waals surface area contributed by atoms with E-state index in [1.807, 2.05) is 29.2 Å². The third-order valence-electron chi connectivity index (χ3n) is 5.41. The van der Waals surface area contributed by atoms with Gasteiger partial charge in [-0.25, -0.2) is 0 Å². The minimum Gasteiger partial charge on any atom is -0.435 e. The lowest BCUT2D eigenvalue weighted by molar-refractivity contribution is -0.0498. The second kappa shape index (κ2) is 11.5. The first kappa shape index (κ1) is 26.0. The number of ketones is 1. The molecule has 0 saturated heterocycles. The zero-order valence-corrected chi connectivity index (χ0v) is 20.5. The third kappa shape index (κ3) is 7.12. The number of halogens is 3. The molecule has 0 radical (unpaired) electrons. The zero-order chi connectivity index (χ0) is 22.4. The van der Waals surface area contributed by atoms with Gasteiger partial charge in [0, 0.05) is 24.2 Å². The van der Waals surface area contributed by atoms with Gasteiger partial charge in [-0.2, -0.15) is 8.78 Å². The Morgan fingerprint density at radius 1 is 1.03 bits per heavy atom. The van der Waals surface area contributed by atoms with Gasteiger partial charge < -0.3 is 9.64 Å². The number of hydrogen-bond donors (Lipinski definition) is 0. The first-order valence-corrected chi connectivity index (χ1v) is 10.7. The highest BCUT2D eigenvalue weighted by atomic mass is 79.9. The molecule has 174 valence electrons. The summed E-state index contributed by atoms with van der Waals surface area (Å²) in [4.78, 5) is 19.7. The standard InChI is InChI=1S/C25H30F2N2O2.BrH/c1-25(2,3)19-10-8-18(9-11-19)22(30)17-29(23-7-5-4-6-16-28-23)20-12-14-21(15-13-20)31-24(26)27;/h8-15,24H,4-7,16-17H2,1-3H3;1H. The number of ether oxygens (including phenoxy) is 1. The second-order valence-electron chi connectivity index (χ2n) is 8.82. The number of hydrogen-bond acceptors (Lipinski definition) is 4. The molecule has 0 atom stereocenters. The highest BCUT2D eigenvalue weighted by molar-refractivity contribution is 8.93. The van der Waals surface area contributed by atoms with Crippen LogP contribution in [-0.4, -0.2) is 31.3 Å². The molecular formula is C25H31BrF2N2O2. The van der Waals surface area contributed by atoms with Crippen LogP contribution in [0.4, 0.5) is 14.5 Å². The van der Waals surface area contributed by atoms with Crippen molar-refractivity contribution in [1.29, 1.82) is 0 Å². The lowest BCUT2D eigenvalue weighted by Gasteiger charge is -2.26. The van der Waals surface area contributed by atoms with Crippen LogP contribution in [0.2, 0.25) is 0 Å². The molecule has 0 amide bonds. The van der Waals surface area contributed by atoms with E-state index >= 15 is 0 Å². The fraction of sp³-hybridized carbons (Fsp3) is 0.440. The van der Waals surface area contributed by atoms with Crippen molar-refractivity contribution in [3.8, 4) is 5.75 Å². The molecule has 4 nitrogen and oxygen atoms in total. The smallest absolute Gasteiger partial charge is 0.387 e. The Morgan fingerprint density at radius 3 is 2.28 bits per heavy atom. The molecule has 2 aromatic carbocycles. The molecule has 0 spiro atoms. The molecule has 32 heavy (non-hydrogen) atoms. The molecule has 0 saturated carbocycles. The lowest BCUT2D eigenvalue weighted by Crippen LogP contribution is -2.36. The van der Waals surface area contributed by atoms with Crippen LogP contribution in [0.5, 0.6) is 5.75 Å². The Kier molecular flexibility index (Phi) is 9.37. The summed E-state index contributed by atoms with van der Waals surface area (Å²) in [6.45, 7) is 4.41. The van der Waals surface area contributed by atoms with Crippen LogP contribution in [0.3, 0.4) is 0 Å². The van der Waals surface area contributed by atoms with Crippen molar-refractivity contribution < 1.29 is 18.3 Å². The number of amidine groups is 1. The van der Waals surface area contributed by atoms with Gasteiger partial charge in [-0.15, -0.1) is 17.0 Å². The van der Waals surface area contributed by atoms with E-state index in [2.05, 4.69) is 25.5 Å². The van der Waals surface area contributed by atoms with Crippen LogP contribution in [0.15, 0.2) is 53.5 Å². The summed E-state index contributed by atoms with van der Waals surface area (Å²) < 4.78 is 29.4. The molecule has 1 heterocycles. The summed E-state index contributed by atoms with van der Waals surface area (Å²) in [6.07, 6.45) is 3.92. The minimum absolute atomic E-state index is 0. The number of anilines is 1. The molecule has 0 unspecified atom stereocenters. The number of alkyl halides is 2. The number of nitrogens with zero attached hydrogens (tertiary/aromatic N) is 2. The van der Waals surface area contributed by atoms with Gasteiger partial charge in [0.05, 0.1) is 6.54 Å². The maximum atomic E-state index is 13.1. The second-order valence-corrected chi connectivity index (χ2v) is 8.82. The number of carbonyl (C=O) groups excluding carboxylic acids is 1. The van der Waals surface area contributed by atoms with Gasteiger partial charge in [0.1, 0.15) is 11.6 Å². The van der Waals surface area contributed by atoms with Crippen LogP contribution >= 0.6 is 17.0 Å². The van der Waals surface area contributed by atoms with E-state index < -0.39 is 6.61 Å². The molecule has 0 bridgehead atoms. The molecule has 0 aromatic heterocycles. The van der Waals surface area contributed by atoms with Gasteiger partial charge in [-0.1, -0.05) is 51.5 Å². The highest BCUT2D eigenvalue weighted by Crippen LogP contribution is 2.25. The Balaban J connectivity index is 0.00000363. The van der Waals surface area contributed by atoms with Crippen LogP contribution < -0.4 is 9.64 Å². The summed E-state index contributed by atoms with van der Waals surface area (Å²) in [7, 11) is 0. The molecule has 1 aliphatic rings. The lowest BCUT2D eigenvalue weighted by atomic mass is 9.86. The summed E-state index contributed by atoms with van der Waals surface area (Å²) in [5.74, 6) is 0.936. The molecular weight excluding hydrogens is 478 g/mol. The Morgan fingerprint density at radius 2 is 1.69 bits per heavy atom. The number of Topliss-reactive ketones (excluding diaryl/α,β-unsaturated/α-hetero) is 1. The Labute approximate surface area is 199 Å². The maximum absolute atomic E-state index is 13.1. The summed E-state index contributed by atoms with van der Waals surface area (Å²) in [5.41, 5.74) is 2.57.